The number of hydrogen-bond acceptors (Lipinski definition) is 5. The topological polar surface area (TPSA) is 68.0 Å². The van der Waals surface area contributed by atoms with E-state index < -0.39 is 0 Å². The molecule has 0 atom stereocenters. The van der Waals surface area contributed by atoms with Crippen molar-refractivity contribution >= 4 is 23.6 Å². The molecule has 3 rings (SSSR count). The third kappa shape index (κ3) is 3.73. The highest BCUT2D eigenvalue weighted by Crippen LogP contribution is 2.19. The Bertz CT molecular complexity index is 728. The van der Waals surface area contributed by atoms with Crippen molar-refractivity contribution in [2.45, 2.75) is 5.03 Å². The number of furan rings is 1. The molecule has 0 bridgehead atoms. The van der Waals surface area contributed by atoms with Gasteiger partial charge < -0.3 is 4.42 Å². The maximum absolute atomic E-state index is 11.7. The van der Waals surface area contributed by atoms with E-state index in [1.54, 1.807) is 12.1 Å². The molecule has 2 heterocycles. The van der Waals surface area contributed by atoms with Crippen LogP contribution in [-0.4, -0.2) is 21.9 Å². The Morgan fingerprint density at radius 2 is 1.91 bits per heavy atom. The molecule has 0 saturated carbocycles. The lowest BCUT2D eigenvalue weighted by atomic mass is 10.1. The number of amides is 1. The minimum absolute atomic E-state index is 0.145. The molecule has 0 spiro atoms. The van der Waals surface area contributed by atoms with Gasteiger partial charge in [0.1, 0.15) is 5.03 Å². The van der Waals surface area contributed by atoms with E-state index in [-0.39, 0.29) is 11.7 Å². The molecular formula is C16H13N3O2S. The number of thioether (sulfide) groups is 1. The largest absolute Gasteiger partial charge is 0.449 e. The van der Waals surface area contributed by atoms with E-state index in [0.29, 0.717) is 10.9 Å². The fourth-order valence-corrected chi connectivity index (χ4v) is 2.44. The van der Waals surface area contributed by atoms with Gasteiger partial charge in [0.05, 0.1) is 17.7 Å². The third-order valence-electron chi connectivity index (χ3n) is 2.84. The van der Waals surface area contributed by atoms with Crippen LogP contribution in [-0.2, 0) is 4.79 Å². The number of hydrogen-bond donors (Lipinski definition) is 1. The number of benzene rings is 1. The average molecular weight is 311 g/mol. The van der Waals surface area contributed by atoms with E-state index in [1.807, 2.05) is 42.5 Å². The monoisotopic (exact) mass is 311 g/mol. The second-order valence-electron chi connectivity index (χ2n) is 4.44. The number of carbonyl (C=O) groups is 1. The van der Waals surface area contributed by atoms with Crippen molar-refractivity contribution in [1.29, 1.82) is 0 Å². The SMILES string of the molecule is O=C(CSc1ccc(-c2ccccc2)nn1)Nc1ccco1. The number of rotatable bonds is 5. The van der Waals surface area contributed by atoms with Crippen molar-refractivity contribution in [3.63, 3.8) is 0 Å². The summed E-state index contributed by atoms with van der Waals surface area (Å²) in [5.74, 6) is 0.546. The average Bonchev–Trinajstić information content (AvgIpc) is 3.07. The Morgan fingerprint density at radius 1 is 1.05 bits per heavy atom. The summed E-state index contributed by atoms with van der Waals surface area (Å²) in [5.41, 5.74) is 1.83. The Kier molecular flexibility index (Phi) is 4.50. The van der Waals surface area contributed by atoms with E-state index in [9.17, 15) is 4.79 Å². The van der Waals surface area contributed by atoms with Gasteiger partial charge in [0, 0.05) is 11.6 Å². The van der Waals surface area contributed by atoms with Gasteiger partial charge in [0.2, 0.25) is 5.91 Å². The lowest BCUT2D eigenvalue weighted by Crippen LogP contribution is -2.13. The summed E-state index contributed by atoms with van der Waals surface area (Å²) in [7, 11) is 0. The molecule has 110 valence electrons. The zero-order valence-corrected chi connectivity index (χ0v) is 12.4. The van der Waals surface area contributed by atoms with E-state index >= 15 is 0 Å². The highest BCUT2D eigenvalue weighted by Gasteiger charge is 2.07. The molecule has 0 aliphatic heterocycles. The quantitative estimate of drug-likeness (QED) is 0.731. The molecule has 22 heavy (non-hydrogen) atoms. The lowest BCUT2D eigenvalue weighted by Gasteiger charge is -2.03. The number of aromatic nitrogens is 2. The van der Waals surface area contributed by atoms with Gasteiger partial charge in [-0.05, 0) is 18.2 Å². The van der Waals surface area contributed by atoms with Gasteiger partial charge in [-0.15, -0.1) is 10.2 Å². The van der Waals surface area contributed by atoms with Crippen molar-refractivity contribution in [1.82, 2.24) is 10.2 Å². The second kappa shape index (κ2) is 6.91. The summed E-state index contributed by atoms with van der Waals surface area (Å²) >= 11 is 1.33. The number of nitrogens with zero attached hydrogens (tertiary/aromatic N) is 2. The molecule has 0 aliphatic carbocycles. The molecule has 0 radical (unpaired) electrons. The van der Waals surface area contributed by atoms with Crippen molar-refractivity contribution < 1.29 is 9.21 Å². The predicted molar refractivity (Wildman–Crippen MR) is 85.5 cm³/mol. The normalized spacial score (nSPS) is 10.4. The molecule has 0 unspecified atom stereocenters. The minimum Gasteiger partial charge on any atom is -0.449 e. The van der Waals surface area contributed by atoms with Gasteiger partial charge in [-0.2, -0.15) is 0 Å². The lowest BCUT2D eigenvalue weighted by molar-refractivity contribution is -0.113. The van der Waals surface area contributed by atoms with Crippen molar-refractivity contribution in [2.75, 3.05) is 11.1 Å². The van der Waals surface area contributed by atoms with Crippen molar-refractivity contribution in [2.24, 2.45) is 0 Å². The summed E-state index contributed by atoms with van der Waals surface area (Å²) in [6.07, 6.45) is 1.51. The number of carbonyl (C=O) groups excluding carboxylic acids is 1. The molecule has 2 aromatic heterocycles. The predicted octanol–water partition coefficient (Wildman–Crippen LogP) is 3.47. The van der Waals surface area contributed by atoms with Gasteiger partial charge in [-0.3, -0.25) is 10.1 Å². The Morgan fingerprint density at radius 3 is 2.59 bits per heavy atom. The first-order valence-electron chi connectivity index (χ1n) is 6.66. The van der Waals surface area contributed by atoms with Crippen LogP contribution in [0, 0.1) is 0 Å². The highest BCUT2D eigenvalue weighted by molar-refractivity contribution is 7.99. The van der Waals surface area contributed by atoms with Crippen LogP contribution in [0.15, 0.2) is 70.3 Å². The Labute approximate surface area is 131 Å². The van der Waals surface area contributed by atoms with Gasteiger partial charge in [-0.1, -0.05) is 42.1 Å². The molecule has 0 fully saturated rings. The van der Waals surface area contributed by atoms with Gasteiger partial charge >= 0.3 is 0 Å². The number of anilines is 1. The molecule has 5 nitrogen and oxygen atoms in total. The van der Waals surface area contributed by atoms with E-state index in [0.717, 1.165) is 11.3 Å². The Balaban J connectivity index is 1.56. The first-order chi connectivity index (χ1) is 10.8. The maximum atomic E-state index is 11.7. The van der Waals surface area contributed by atoms with Gasteiger partial charge in [-0.25, -0.2) is 0 Å². The molecule has 1 aromatic carbocycles. The van der Waals surface area contributed by atoms with Gasteiger partial charge in [0.15, 0.2) is 5.88 Å². The zero-order valence-electron chi connectivity index (χ0n) is 11.6. The number of nitrogens with one attached hydrogen (secondary N) is 1. The summed E-state index contributed by atoms with van der Waals surface area (Å²) in [4.78, 5) is 11.7. The fourth-order valence-electron chi connectivity index (χ4n) is 1.82. The minimum atomic E-state index is -0.145. The molecule has 1 amide bonds. The molecule has 0 aliphatic rings. The summed E-state index contributed by atoms with van der Waals surface area (Å²) < 4.78 is 5.05. The smallest absolute Gasteiger partial charge is 0.237 e. The zero-order chi connectivity index (χ0) is 15.2. The first-order valence-corrected chi connectivity index (χ1v) is 7.65. The van der Waals surface area contributed by atoms with Crippen LogP contribution in [0.25, 0.3) is 11.3 Å². The van der Waals surface area contributed by atoms with E-state index in [2.05, 4.69) is 15.5 Å². The Hall–Kier alpha value is -2.60. The molecule has 6 heteroatoms. The van der Waals surface area contributed by atoms with Crippen LogP contribution in [0.3, 0.4) is 0 Å². The summed E-state index contributed by atoms with van der Waals surface area (Å²) in [6, 6.07) is 17.0. The molecule has 3 aromatic rings. The van der Waals surface area contributed by atoms with Crippen molar-refractivity contribution in [3.05, 3.63) is 60.9 Å². The standard InChI is InChI=1S/C16H13N3O2S/c20-14(17-15-7-4-10-21-15)11-22-16-9-8-13(18-19-16)12-5-2-1-3-6-12/h1-10H,11H2,(H,17,20). The molecule has 0 saturated heterocycles. The van der Waals surface area contributed by atoms with Crippen LogP contribution < -0.4 is 5.32 Å². The maximum Gasteiger partial charge on any atom is 0.237 e. The van der Waals surface area contributed by atoms with Crippen LogP contribution in [0.2, 0.25) is 0 Å². The van der Waals surface area contributed by atoms with Gasteiger partial charge in [0.25, 0.3) is 0 Å². The summed E-state index contributed by atoms with van der Waals surface area (Å²) in [5, 5.41) is 11.7. The highest BCUT2D eigenvalue weighted by atomic mass is 32.2. The molecule has 1 N–H and O–H groups in total. The van der Waals surface area contributed by atoms with Crippen LogP contribution in [0.4, 0.5) is 5.88 Å². The van der Waals surface area contributed by atoms with Crippen LogP contribution in [0.1, 0.15) is 0 Å². The van der Waals surface area contributed by atoms with E-state index in [1.165, 1.54) is 18.0 Å². The fraction of sp³-hybridized carbons (Fsp3) is 0.0625. The van der Waals surface area contributed by atoms with E-state index in [4.69, 9.17) is 4.42 Å². The summed E-state index contributed by atoms with van der Waals surface area (Å²) in [6.45, 7) is 0. The van der Waals surface area contributed by atoms with Crippen LogP contribution >= 0.6 is 11.8 Å². The third-order valence-corrected chi connectivity index (χ3v) is 3.76. The first kappa shape index (κ1) is 14.3. The second-order valence-corrected chi connectivity index (χ2v) is 5.43. The van der Waals surface area contributed by atoms with Crippen molar-refractivity contribution in [3.8, 4) is 11.3 Å². The van der Waals surface area contributed by atoms with Crippen LogP contribution in [0.5, 0.6) is 0 Å². The molecular weight excluding hydrogens is 298 g/mol.